The Morgan fingerprint density at radius 3 is 2.65 bits per heavy atom. The first-order valence-electron chi connectivity index (χ1n) is 11.0. The predicted molar refractivity (Wildman–Crippen MR) is 139 cm³/mol. The maximum Gasteiger partial charge on any atom is 0.243 e. The fraction of sp³-hybridized carbons (Fsp3) is 0.714. The first-order chi connectivity index (χ1) is 14.6. The van der Waals surface area contributed by atoms with Gasteiger partial charge in [-0.25, -0.2) is 4.99 Å². The average Bonchev–Trinajstić information content (AvgIpc) is 3.30. The van der Waals surface area contributed by atoms with Crippen LogP contribution in [0.1, 0.15) is 19.3 Å². The summed E-state index contributed by atoms with van der Waals surface area (Å²) in [6.45, 7) is 7.83. The summed E-state index contributed by atoms with van der Waals surface area (Å²) in [4.78, 5) is 23.0. The van der Waals surface area contributed by atoms with Crippen molar-refractivity contribution in [3.05, 3.63) is 17.5 Å². The van der Waals surface area contributed by atoms with Crippen LogP contribution in [0.25, 0.3) is 0 Å². The number of carbonyl (C=O) groups is 1. The molecule has 176 valence electrons. The Labute approximate surface area is 207 Å². The number of likely N-dealkylation sites (N-methyl/N-ethyl adjacent to an activating group) is 1. The third-order valence-corrected chi connectivity index (χ3v) is 6.50. The lowest BCUT2D eigenvalue weighted by Crippen LogP contribution is -2.49. The van der Waals surface area contributed by atoms with E-state index in [-0.39, 0.29) is 36.4 Å². The number of hydrogen-bond donors (Lipinski definition) is 2. The minimum atomic E-state index is 0. The van der Waals surface area contributed by atoms with Gasteiger partial charge < -0.3 is 25.2 Å². The summed E-state index contributed by atoms with van der Waals surface area (Å²) in [5, 5.41) is 10.5. The molecule has 0 aromatic carbocycles. The zero-order valence-electron chi connectivity index (χ0n) is 18.7. The normalized spacial score (nSPS) is 18.4. The lowest BCUT2D eigenvalue weighted by Gasteiger charge is -2.33. The molecule has 2 aliphatic heterocycles. The Bertz CT molecular complexity index is 659. The quantitative estimate of drug-likeness (QED) is 0.217. The highest BCUT2D eigenvalue weighted by molar-refractivity contribution is 14.0. The van der Waals surface area contributed by atoms with E-state index in [2.05, 4.69) is 42.9 Å². The molecule has 2 N–H and O–H groups in total. The number of rotatable bonds is 8. The monoisotopic (exact) mass is 564 g/mol. The van der Waals surface area contributed by atoms with Crippen LogP contribution in [0.15, 0.2) is 22.5 Å². The van der Waals surface area contributed by atoms with Crippen molar-refractivity contribution in [1.82, 2.24) is 20.4 Å². The van der Waals surface area contributed by atoms with E-state index in [1.165, 1.54) is 5.00 Å². The van der Waals surface area contributed by atoms with Gasteiger partial charge in [-0.15, -0.1) is 35.3 Å². The Morgan fingerprint density at radius 2 is 2.00 bits per heavy atom. The van der Waals surface area contributed by atoms with Gasteiger partial charge in [0, 0.05) is 52.9 Å². The van der Waals surface area contributed by atoms with Crippen LogP contribution >= 0.6 is 35.3 Å². The summed E-state index contributed by atoms with van der Waals surface area (Å²) in [6, 6.07) is 4.67. The van der Waals surface area contributed by atoms with Gasteiger partial charge in [0.25, 0.3) is 0 Å². The Morgan fingerprint density at radius 1 is 1.26 bits per heavy atom. The summed E-state index contributed by atoms with van der Waals surface area (Å²) < 4.78 is 5.41. The molecule has 1 amide bonds. The molecule has 2 saturated heterocycles. The molecule has 0 unspecified atom stereocenters. The average molecular weight is 565 g/mol. The van der Waals surface area contributed by atoms with Crippen molar-refractivity contribution in [2.75, 3.05) is 78.0 Å². The number of hydrogen-bond acceptors (Lipinski definition) is 6. The summed E-state index contributed by atoms with van der Waals surface area (Å²) in [5.41, 5.74) is 0. The summed E-state index contributed by atoms with van der Waals surface area (Å²) in [7, 11) is 3.53. The molecule has 10 heteroatoms. The van der Waals surface area contributed by atoms with Gasteiger partial charge >= 0.3 is 0 Å². The minimum Gasteiger partial charge on any atom is -0.379 e. The molecule has 0 bridgehead atoms. The fourth-order valence-corrected chi connectivity index (χ4v) is 4.45. The maximum absolute atomic E-state index is 12.0. The van der Waals surface area contributed by atoms with Gasteiger partial charge in [0.15, 0.2) is 5.96 Å². The number of piperidine rings is 1. The standard InChI is InChI=1S/C21H36N6O2S.HI/c1-25(2)19(28)17-23-21(22-8-4-9-26-12-14-29-15-13-26)24-18-6-10-27(11-7-18)20-5-3-16-30-20;/h3,5,16,18H,4,6-15,17H2,1-2H3,(H2,22,23,24);1H. The maximum atomic E-state index is 12.0. The van der Waals surface area contributed by atoms with E-state index in [9.17, 15) is 4.79 Å². The first-order valence-corrected chi connectivity index (χ1v) is 11.8. The van der Waals surface area contributed by atoms with Crippen molar-refractivity contribution in [2.24, 2.45) is 4.99 Å². The SMILES string of the molecule is CN(C)C(=O)CN=C(NCCCN1CCOCC1)NC1CCN(c2cccs2)CC1.I. The van der Waals surface area contributed by atoms with E-state index in [1.807, 2.05) is 0 Å². The molecule has 1 aromatic heterocycles. The number of nitrogens with one attached hydrogen (secondary N) is 2. The van der Waals surface area contributed by atoms with Crippen LogP contribution in [0.2, 0.25) is 0 Å². The van der Waals surface area contributed by atoms with Crippen molar-refractivity contribution in [2.45, 2.75) is 25.3 Å². The summed E-state index contributed by atoms with van der Waals surface area (Å²) in [5.74, 6) is 0.763. The van der Waals surface area contributed by atoms with Crippen molar-refractivity contribution >= 4 is 52.2 Å². The highest BCUT2D eigenvalue weighted by atomic mass is 127. The molecular weight excluding hydrogens is 527 g/mol. The molecule has 3 heterocycles. The third kappa shape index (κ3) is 9.11. The van der Waals surface area contributed by atoms with Gasteiger partial charge in [0.05, 0.1) is 18.2 Å². The molecule has 0 aliphatic carbocycles. The number of halogens is 1. The van der Waals surface area contributed by atoms with Crippen LogP contribution in [-0.2, 0) is 9.53 Å². The van der Waals surface area contributed by atoms with Gasteiger partial charge in [-0.2, -0.15) is 0 Å². The number of guanidine groups is 1. The molecule has 0 atom stereocenters. The molecule has 2 fully saturated rings. The molecule has 0 spiro atoms. The second-order valence-corrected chi connectivity index (χ2v) is 8.97. The van der Waals surface area contributed by atoms with Gasteiger partial charge in [-0.1, -0.05) is 0 Å². The van der Waals surface area contributed by atoms with Crippen LogP contribution in [0.3, 0.4) is 0 Å². The van der Waals surface area contributed by atoms with E-state index in [0.29, 0.717) is 6.04 Å². The van der Waals surface area contributed by atoms with Gasteiger partial charge in [0.2, 0.25) is 5.91 Å². The fourth-order valence-electron chi connectivity index (χ4n) is 3.66. The van der Waals surface area contributed by atoms with Crippen molar-refractivity contribution in [3.63, 3.8) is 0 Å². The number of carbonyl (C=O) groups excluding carboxylic acids is 1. The molecule has 1 aromatic rings. The van der Waals surface area contributed by atoms with Crippen molar-refractivity contribution in [1.29, 1.82) is 0 Å². The first kappa shape index (κ1) is 26.1. The topological polar surface area (TPSA) is 72.4 Å². The van der Waals surface area contributed by atoms with Gasteiger partial charge in [0.1, 0.15) is 6.54 Å². The lowest BCUT2D eigenvalue weighted by atomic mass is 10.1. The van der Waals surface area contributed by atoms with E-state index in [0.717, 1.165) is 77.7 Å². The summed E-state index contributed by atoms with van der Waals surface area (Å²) >= 11 is 1.80. The number of anilines is 1. The molecule has 8 nitrogen and oxygen atoms in total. The highest BCUT2D eigenvalue weighted by Crippen LogP contribution is 2.24. The molecule has 31 heavy (non-hydrogen) atoms. The van der Waals surface area contributed by atoms with E-state index in [4.69, 9.17) is 4.74 Å². The van der Waals surface area contributed by atoms with E-state index >= 15 is 0 Å². The molecule has 3 rings (SSSR count). The van der Waals surface area contributed by atoms with E-state index < -0.39 is 0 Å². The smallest absolute Gasteiger partial charge is 0.243 e. The summed E-state index contributed by atoms with van der Waals surface area (Å²) in [6.07, 6.45) is 3.17. The predicted octanol–water partition coefficient (Wildman–Crippen LogP) is 1.68. The zero-order chi connectivity index (χ0) is 21.2. The third-order valence-electron chi connectivity index (χ3n) is 5.57. The number of thiophene rings is 1. The number of morpholine rings is 1. The Kier molecular flexibility index (Phi) is 11.9. The Balaban J connectivity index is 0.00000341. The lowest BCUT2D eigenvalue weighted by molar-refractivity contribution is -0.127. The van der Waals surface area contributed by atoms with Crippen LogP contribution < -0.4 is 15.5 Å². The number of ether oxygens (including phenoxy) is 1. The number of aliphatic imine (C=N–C) groups is 1. The molecule has 2 aliphatic rings. The van der Waals surface area contributed by atoms with Crippen molar-refractivity contribution in [3.8, 4) is 0 Å². The highest BCUT2D eigenvalue weighted by Gasteiger charge is 2.21. The van der Waals surface area contributed by atoms with Crippen LogP contribution in [0, 0.1) is 0 Å². The second-order valence-electron chi connectivity index (χ2n) is 8.04. The zero-order valence-corrected chi connectivity index (χ0v) is 21.9. The molecule has 0 saturated carbocycles. The van der Waals surface area contributed by atoms with Crippen LogP contribution in [0.5, 0.6) is 0 Å². The van der Waals surface area contributed by atoms with E-state index in [1.54, 1.807) is 30.3 Å². The second kappa shape index (κ2) is 14.1. The van der Waals surface area contributed by atoms with Crippen LogP contribution in [-0.4, -0.2) is 101 Å². The number of amides is 1. The van der Waals surface area contributed by atoms with Gasteiger partial charge in [-0.3, -0.25) is 9.69 Å². The van der Waals surface area contributed by atoms with Gasteiger partial charge in [-0.05, 0) is 43.3 Å². The minimum absolute atomic E-state index is 0. The molecular formula is C21H37IN6O2S. The number of nitrogens with zero attached hydrogens (tertiary/aromatic N) is 4. The molecule has 0 radical (unpaired) electrons. The largest absolute Gasteiger partial charge is 0.379 e. The van der Waals surface area contributed by atoms with Crippen LogP contribution in [0.4, 0.5) is 5.00 Å². The Hall–Kier alpha value is -1.11. The van der Waals surface area contributed by atoms with Crippen molar-refractivity contribution < 1.29 is 9.53 Å².